The third kappa shape index (κ3) is 3.09. The van der Waals surface area contributed by atoms with Gasteiger partial charge in [-0.1, -0.05) is 11.3 Å². The maximum Gasteiger partial charge on any atom is 0.276 e. The average Bonchev–Trinajstić information content (AvgIpc) is 3.37. The molecule has 1 aliphatic heterocycles. The Kier molecular flexibility index (Phi) is 4.12. The summed E-state index contributed by atoms with van der Waals surface area (Å²) in [5.74, 6) is -0.0324. The Morgan fingerprint density at radius 1 is 1.42 bits per heavy atom. The fourth-order valence-electron chi connectivity index (χ4n) is 3.11. The molecule has 4 rings (SSSR count). The monoisotopic (exact) mass is 342 g/mol. The Labute approximate surface area is 143 Å². The predicted molar refractivity (Wildman–Crippen MR) is 89.7 cm³/mol. The van der Waals surface area contributed by atoms with Gasteiger partial charge in [-0.05, 0) is 24.3 Å². The van der Waals surface area contributed by atoms with E-state index in [0.717, 1.165) is 25.9 Å². The van der Waals surface area contributed by atoms with Gasteiger partial charge >= 0.3 is 0 Å². The molecule has 1 atom stereocenters. The summed E-state index contributed by atoms with van der Waals surface area (Å²) in [6.07, 6.45) is 9.25. The number of carbonyl (C=O) groups is 1. The highest BCUT2D eigenvalue weighted by Crippen LogP contribution is 2.21. The minimum atomic E-state index is -0.0324. The summed E-state index contributed by atoms with van der Waals surface area (Å²) in [6.45, 7) is 2.20. The molecule has 7 nitrogen and oxygen atoms in total. The first-order valence-electron chi connectivity index (χ1n) is 7.99. The van der Waals surface area contributed by atoms with Crippen LogP contribution in [0.5, 0.6) is 0 Å². The van der Waals surface area contributed by atoms with Gasteiger partial charge in [0.15, 0.2) is 5.69 Å². The molecule has 124 valence electrons. The molecule has 1 aliphatic rings. The van der Waals surface area contributed by atoms with Crippen LogP contribution in [0.15, 0.2) is 42.4 Å². The second-order valence-electron chi connectivity index (χ2n) is 5.93. The smallest absolute Gasteiger partial charge is 0.276 e. The minimum absolute atomic E-state index is 0.0324. The number of aromatic nitrogens is 5. The van der Waals surface area contributed by atoms with Gasteiger partial charge in [0.25, 0.3) is 5.91 Å². The minimum Gasteiger partial charge on any atom is -0.335 e. The normalized spacial score (nSPS) is 17.5. The van der Waals surface area contributed by atoms with Crippen LogP contribution in [0.25, 0.3) is 0 Å². The van der Waals surface area contributed by atoms with Crippen LogP contribution in [0.2, 0.25) is 0 Å². The number of imidazole rings is 1. The number of rotatable bonds is 5. The quantitative estimate of drug-likeness (QED) is 0.710. The van der Waals surface area contributed by atoms with E-state index in [1.54, 1.807) is 34.7 Å². The van der Waals surface area contributed by atoms with Gasteiger partial charge in [0.1, 0.15) is 0 Å². The number of hydrogen-bond acceptors (Lipinski definition) is 5. The number of amides is 1. The van der Waals surface area contributed by atoms with Crippen LogP contribution in [0.4, 0.5) is 0 Å². The Bertz CT molecular complexity index is 795. The Morgan fingerprint density at radius 2 is 2.38 bits per heavy atom. The van der Waals surface area contributed by atoms with Crippen LogP contribution < -0.4 is 0 Å². The standard InChI is InChI=1S/C16H18N6OS/c23-16(15-11-21(19-18-15)10-14-4-2-8-24-14)22-6-1-3-13(22)9-20-7-5-17-12-20/h2,4-5,7-8,11-13H,1,3,6,9-10H2. The molecular formula is C16H18N6OS. The predicted octanol–water partition coefficient (Wildman–Crippen LogP) is 1.89. The second-order valence-corrected chi connectivity index (χ2v) is 6.97. The molecule has 0 saturated carbocycles. The number of likely N-dealkylation sites (tertiary alicyclic amines) is 1. The SMILES string of the molecule is O=C(c1cn(Cc2cccs2)nn1)N1CCCC1Cn1ccnc1. The van der Waals surface area contributed by atoms with Crippen molar-refractivity contribution < 1.29 is 4.79 Å². The van der Waals surface area contributed by atoms with E-state index >= 15 is 0 Å². The molecule has 0 N–H and O–H groups in total. The lowest BCUT2D eigenvalue weighted by molar-refractivity contribution is 0.0718. The summed E-state index contributed by atoms with van der Waals surface area (Å²) in [4.78, 5) is 20.0. The van der Waals surface area contributed by atoms with Crippen LogP contribution in [0.3, 0.4) is 0 Å². The maximum absolute atomic E-state index is 12.8. The summed E-state index contributed by atoms with van der Waals surface area (Å²) in [7, 11) is 0. The van der Waals surface area contributed by atoms with Crippen LogP contribution in [-0.4, -0.2) is 47.9 Å². The number of nitrogens with zero attached hydrogens (tertiary/aromatic N) is 6. The molecule has 1 unspecified atom stereocenters. The Hall–Kier alpha value is -2.48. The molecule has 0 spiro atoms. The molecule has 1 fully saturated rings. The van der Waals surface area contributed by atoms with E-state index in [1.807, 2.05) is 27.1 Å². The lowest BCUT2D eigenvalue weighted by Crippen LogP contribution is -2.38. The Balaban J connectivity index is 1.45. The highest BCUT2D eigenvalue weighted by atomic mass is 32.1. The van der Waals surface area contributed by atoms with Crippen molar-refractivity contribution in [2.45, 2.75) is 32.0 Å². The molecule has 3 aromatic rings. The first-order chi connectivity index (χ1) is 11.8. The van der Waals surface area contributed by atoms with E-state index in [1.165, 1.54) is 4.88 Å². The van der Waals surface area contributed by atoms with Gasteiger partial charge in [0, 0.05) is 30.4 Å². The summed E-state index contributed by atoms with van der Waals surface area (Å²) >= 11 is 1.67. The van der Waals surface area contributed by atoms with Crippen molar-refractivity contribution >= 4 is 17.2 Å². The molecule has 1 saturated heterocycles. The number of hydrogen-bond donors (Lipinski definition) is 0. The van der Waals surface area contributed by atoms with Gasteiger partial charge in [0.2, 0.25) is 0 Å². The van der Waals surface area contributed by atoms with E-state index in [4.69, 9.17) is 0 Å². The first-order valence-corrected chi connectivity index (χ1v) is 8.87. The zero-order chi connectivity index (χ0) is 16.4. The van der Waals surface area contributed by atoms with Crippen LogP contribution in [0.1, 0.15) is 28.2 Å². The van der Waals surface area contributed by atoms with E-state index in [9.17, 15) is 4.79 Å². The van der Waals surface area contributed by atoms with E-state index < -0.39 is 0 Å². The van der Waals surface area contributed by atoms with Crippen molar-refractivity contribution in [2.24, 2.45) is 0 Å². The highest BCUT2D eigenvalue weighted by Gasteiger charge is 2.31. The van der Waals surface area contributed by atoms with Crippen molar-refractivity contribution in [3.8, 4) is 0 Å². The third-order valence-electron chi connectivity index (χ3n) is 4.27. The second kappa shape index (κ2) is 6.56. The lowest BCUT2D eigenvalue weighted by atomic mass is 10.2. The molecule has 0 radical (unpaired) electrons. The topological polar surface area (TPSA) is 68.8 Å². The van der Waals surface area contributed by atoms with Crippen LogP contribution in [0, 0.1) is 0 Å². The zero-order valence-corrected chi connectivity index (χ0v) is 14.0. The molecule has 0 bridgehead atoms. The fourth-order valence-corrected chi connectivity index (χ4v) is 3.81. The van der Waals surface area contributed by atoms with Gasteiger partial charge in [-0.2, -0.15) is 0 Å². The van der Waals surface area contributed by atoms with E-state index in [0.29, 0.717) is 12.2 Å². The van der Waals surface area contributed by atoms with Gasteiger partial charge < -0.3 is 9.47 Å². The summed E-state index contributed by atoms with van der Waals surface area (Å²) in [5.41, 5.74) is 0.420. The van der Waals surface area contributed by atoms with E-state index in [-0.39, 0.29) is 11.9 Å². The molecule has 0 aliphatic carbocycles. The maximum atomic E-state index is 12.8. The van der Waals surface area contributed by atoms with Crippen molar-refractivity contribution in [1.29, 1.82) is 0 Å². The van der Waals surface area contributed by atoms with Crippen molar-refractivity contribution in [3.05, 3.63) is 53.0 Å². The van der Waals surface area contributed by atoms with Gasteiger partial charge in [0.05, 0.1) is 25.1 Å². The van der Waals surface area contributed by atoms with Crippen molar-refractivity contribution in [3.63, 3.8) is 0 Å². The average molecular weight is 342 g/mol. The van der Waals surface area contributed by atoms with Crippen LogP contribution in [-0.2, 0) is 13.1 Å². The van der Waals surface area contributed by atoms with Crippen molar-refractivity contribution in [1.82, 2.24) is 29.4 Å². The summed E-state index contributed by atoms with van der Waals surface area (Å²) in [6, 6.07) is 4.25. The van der Waals surface area contributed by atoms with Gasteiger partial charge in [-0.25, -0.2) is 9.67 Å². The summed E-state index contributed by atoms with van der Waals surface area (Å²) in [5, 5.41) is 10.2. The van der Waals surface area contributed by atoms with Crippen LogP contribution >= 0.6 is 11.3 Å². The molecule has 8 heteroatoms. The fraction of sp³-hybridized carbons (Fsp3) is 0.375. The lowest BCUT2D eigenvalue weighted by Gasteiger charge is -2.24. The Morgan fingerprint density at radius 3 is 3.17 bits per heavy atom. The third-order valence-corrected chi connectivity index (χ3v) is 5.14. The van der Waals surface area contributed by atoms with Crippen molar-refractivity contribution in [2.75, 3.05) is 6.54 Å². The number of thiophene rings is 1. The van der Waals surface area contributed by atoms with E-state index in [2.05, 4.69) is 21.4 Å². The molecular weight excluding hydrogens is 324 g/mol. The number of carbonyl (C=O) groups excluding carboxylic acids is 1. The molecule has 24 heavy (non-hydrogen) atoms. The highest BCUT2D eigenvalue weighted by molar-refractivity contribution is 7.09. The molecule has 3 aromatic heterocycles. The van der Waals surface area contributed by atoms with Gasteiger partial charge in [-0.3, -0.25) is 4.79 Å². The zero-order valence-electron chi connectivity index (χ0n) is 13.2. The molecule has 4 heterocycles. The first kappa shape index (κ1) is 15.1. The summed E-state index contributed by atoms with van der Waals surface area (Å²) < 4.78 is 3.74. The largest absolute Gasteiger partial charge is 0.335 e. The molecule has 0 aromatic carbocycles. The molecule has 1 amide bonds. The van der Waals surface area contributed by atoms with Gasteiger partial charge in [-0.15, -0.1) is 16.4 Å².